The van der Waals surface area contributed by atoms with Crippen LogP contribution in [-0.2, 0) is 12.0 Å². The summed E-state index contributed by atoms with van der Waals surface area (Å²) in [7, 11) is 0. The number of hydrogen-bond donors (Lipinski definition) is 1. The number of hydrogen-bond acceptors (Lipinski definition) is 5. The van der Waals surface area contributed by atoms with Crippen LogP contribution in [0.4, 0.5) is 0 Å². The quantitative estimate of drug-likeness (QED) is 0.926. The van der Waals surface area contributed by atoms with Gasteiger partial charge in [-0.05, 0) is 51.2 Å². The van der Waals surface area contributed by atoms with Crippen LogP contribution in [0, 0.1) is 5.92 Å². The summed E-state index contributed by atoms with van der Waals surface area (Å²) in [6.07, 6.45) is 5.29. The minimum atomic E-state index is -0.0388. The normalized spacial score (nSPS) is 25.6. The van der Waals surface area contributed by atoms with E-state index >= 15 is 0 Å². The minimum Gasteiger partial charge on any atom is -0.338 e. The van der Waals surface area contributed by atoms with Crippen LogP contribution in [0.1, 0.15) is 58.2 Å². The fourth-order valence-electron chi connectivity index (χ4n) is 3.44. The maximum absolute atomic E-state index is 5.41. The Hall–Kier alpha value is -0.940. The van der Waals surface area contributed by atoms with Crippen LogP contribution in [0.3, 0.4) is 0 Å². The van der Waals surface area contributed by atoms with Crippen molar-refractivity contribution in [3.63, 3.8) is 0 Å². The highest BCUT2D eigenvalue weighted by Crippen LogP contribution is 2.26. The predicted octanol–water partition coefficient (Wildman–Crippen LogP) is 2.33. The second-order valence-corrected chi connectivity index (χ2v) is 7.58. The molecule has 1 aromatic rings. The first-order valence-corrected chi connectivity index (χ1v) is 8.31. The lowest BCUT2D eigenvalue weighted by Crippen LogP contribution is -2.40. The molecule has 5 nitrogen and oxygen atoms in total. The number of aromatic nitrogens is 2. The van der Waals surface area contributed by atoms with Crippen molar-refractivity contribution < 1.29 is 4.52 Å². The van der Waals surface area contributed by atoms with Crippen molar-refractivity contribution in [2.45, 2.75) is 64.5 Å². The van der Waals surface area contributed by atoms with Crippen molar-refractivity contribution in [2.24, 2.45) is 5.92 Å². The summed E-state index contributed by atoms with van der Waals surface area (Å²) >= 11 is 0. The van der Waals surface area contributed by atoms with Gasteiger partial charge in [0.05, 0.1) is 6.54 Å². The first-order valence-electron chi connectivity index (χ1n) is 8.31. The van der Waals surface area contributed by atoms with Gasteiger partial charge < -0.3 is 9.84 Å². The molecular formula is C16H28N4O. The van der Waals surface area contributed by atoms with Gasteiger partial charge in [0, 0.05) is 11.5 Å². The smallest absolute Gasteiger partial charge is 0.240 e. The third kappa shape index (κ3) is 3.64. The van der Waals surface area contributed by atoms with Crippen LogP contribution >= 0.6 is 0 Å². The molecule has 0 saturated carbocycles. The third-order valence-corrected chi connectivity index (χ3v) is 4.80. The fourth-order valence-corrected chi connectivity index (χ4v) is 3.44. The van der Waals surface area contributed by atoms with Crippen molar-refractivity contribution in [1.29, 1.82) is 0 Å². The minimum absolute atomic E-state index is 0.0388. The zero-order chi connectivity index (χ0) is 14.9. The molecule has 0 amide bonds. The summed E-state index contributed by atoms with van der Waals surface area (Å²) in [5.74, 6) is 2.43. The molecule has 21 heavy (non-hydrogen) atoms. The lowest BCUT2D eigenvalue weighted by atomic mass is 9.88. The second-order valence-electron chi connectivity index (χ2n) is 7.58. The molecule has 0 radical (unpaired) electrons. The Morgan fingerprint density at radius 2 is 2.00 bits per heavy atom. The average Bonchev–Trinajstić information content (AvgIpc) is 3.09. The first kappa shape index (κ1) is 15.0. The van der Waals surface area contributed by atoms with Crippen molar-refractivity contribution in [1.82, 2.24) is 20.4 Å². The highest BCUT2D eigenvalue weighted by molar-refractivity contribution is 5.00. The number of nitrogens with zero attached hydrogens (tertiary/aromatic N) is 3. The zero-order valence-electron chi connectivity index (χ0n) is 13.6. The molecule has 1 N–H and O–H groups in total. The van der Waals surface area contributed by atoms with Crippen LogP contribution in [0.5, 0.6) is 0 Å². The van der Waals surface area contributed by atoms with Crippen LogP contribution in [0.2, 0.25) is 0 Å². The van der Waals surface area contributed by atoms with Gasteiger partial charge in [0.15, 0.2) is 5.82 Å². The van der Waals surface area contributed by atoms with Crippen LogP contribution < -0.4 is 5.32 Å². The number of likely N-dealkylation sites (tertiary alicyclic amines) is 1. The Balaban J connectivity index is 1.50. The van der Waals surface area contributed by atoms with E-state index in [0.717, 1.165) is 43.3 Å². The molecule has 1 atom stereocenters. The first-order chi connectivity index (χ1) is 10.0. The molecule has 0 bridgehead atoms. The van der Waals surface area contributed by atoms with Crippen LogP contribution in [-0.4, -0.2) is 40.7 Å². The predicted molar refractivity (Wildman–Crippen MR) is 82.0 cm³/mol. The van der Waals surface area contributed by atoms with E-state index in [9.17, 15) is 0 Å². The molecule has 2 aliphatic rings. The van der Waals surface area contributed by atoms with Crippen molar-refractivity contribution in [2.75, 3.05) is 19.6 Å². The van der Waals surface area contributed by atoms with Crippen LogP contribution in [0.25, 0.3) is 0 Å². The number of rotatable bonds is 3. The highest BCUT2D eigenvalue weighted by Gasteiger charge is 2.29. The van der Waals surface area contributed by atoms with E-state index < -0.39 is 0 Å². The maximum Gasteiger partial charge on any atom is 0.240 e. The standard InChI is InChI=1S/C16H28N4O/c1-16(2,3)15-18-14(21-19-15)11-20-9-6-12(7-10-20)13-5-4-8-17-13/h12-13,17H,4-11H2,1-3H3. The largest absolute Gasteiger partial charge is 0.338 e. The molecule has 118 valence electrons. The van der Waals surface area contributed by atoms with E-state index in [-0.39, 0.29) is 5.41 Å². The molecule has 2 saturated heterocycles. The van der Waals surface area contributed by atoms with E-state index in [0.29, 0.717) is 0 Å². The molecule has 2 aliphatic heterocycles. The molecule has 0 aromatic carbocycles. The molecule has 0 aliphatic carbocycles. The molecular weight excluding hydrogens is 264 g/mol. The average molecular weight is 292 g/mol. The highest BCUT2D eigenvalue weighted by atomic mass is 16.5. The van der Waals surface area contributed by atoms with Crippen LogP contribution in [0.15, 0.2) is 4.52 Å². The molecule has 5 heteroatoms. The van der Waals surface area contributed by atoms with E-state index in [1.807, 2.05) is 0 Å². The summed E-state index contributed by atoms with van der Waals surface area (Å²) in [6.45, 7) is 10.6. The monoisotopic (exact) mass is 292 g/mol. The molecule has 3 heterocycles. The van der Waals surface area contributed by atoms with E-state index in [2.05, 4.69) is 41.1 Å². The Kier molecular flexibility index (Phi) is 4.31. The number of piperidine rings is 1. The van der Waals surface area contributed by atoms with Gasteiger partial charge in [0.1, 0.15) is 0 Å². The van der Waals surface area contributed by atoms with Gasteiger partial charge >= 0.3 is 0 Å². The summed E-state index contributed by atoms with van der Waals surface area (Å²) < 4.78 is 5.41. The molecule has 2 fully saturated rings. The lowest BCUT2D eigenvalue weighted by molar-refractivity contribution is 0.143. The Morgan fingerprint density at radius 1 is 1.24 bits per heavy atom. The zero-order valence-corrected chi connectivity index (χ0v) is 13.6. The summed E-state index contributed by atoms with van der Waals surface area (Å²) in [4.78, 5) is 6.99. The van der Waals surface area contributed by atoms with Gasteiger partial charge in [-0.2, -0.15) is 4.98 Å². The van der Waals surface area contributed by atoms with Crippen molar-refractivity contribution in [3.05, 3.63) is 11.7 Å². The van der Waals surface area contributed by atoms with Crippen molar-refractivity contribution in [3.8, 4) is 0 Å². The SMILES string of the molecule is CC(C)(C)c1noc(CN2CCC(C3CCCN3)CC2)n1. The molecule has 1 aromatic heterocycles. The van der Waals surface area contributed by atoms with Gasteiger partial charge in [0.2, 0.25) is 5.89 Å². The van der Waals surface area contributed by atoms with E-state index in [4.69, 9.17) is 4.52 Å². The molecule has 1 unspecified atom stereocenters. The van der Waals surface area contributed by atoms with Gasteiger partial charge in [-0.25, -0.2) is 0 Å². The van der Waals surface area contributed by atoms with Gasteiger partial charge in [0.25, 0.3) is 0 Å². The molecule has 3 rings (SSSR count). The Labute approximate surface area is 127 Å². The second kappa shape index (κ2) is 6.05. The summed E-state index contributed by atoms with van der Waals surface area (Å²) in [5, 5.41) is 7.76. The van der Waals surface area contributed by atoms with E-state index in [1.165, 1.54) is 32.2 Å². The fraction of sp³-hybridized carbons (Fsp3) is 0.875. The maximum atomic E-state index is 5.41. The van der Waals surface area contributed by atoms with Gasteiger partial charge in [-0.15, -0.1) is 0 Å². The summed E-state index contributed by atoms with van der Waals surface area (Å²) in [6, 6.07) is 0.767. The Bertz CT molecular complexity index is 451. The van der Waals surface area contributed by atoms with Gasteiger partial charge in [-0.3, -0.25) is 4.90 Å². The number of nitrogens with one attached hydrogen (secondary N) is 1. The van der Waals surface area contributed by atoms with E-state index in [1.54, 1.807) is 0 Å². The van der Waals surface area contributed by atoms with Gasteiger partial charge in [-0.1, -0.05) is 25.9 Å². The lowest BCUT2D eigenvalue weighted by Gasteiger charge is -2.34. The summed E-state index contributed by atoms with van der Waals surface area (Å²) in [5.41, 5.74) is -0.0388. The van der Waals surface area contributed by atoms with Crippen molar-refractivity contribution >= 4 is 0 Å². The molecule has 0 spiro atoms. The third-order valence-electron chi connectivity index (χ3n) is 4.80. The topological polar surface area (TPSA) is 54.2 Å². The Morgan fingerprint density at radius 3 is 2.57 bits per heavy atom.